The Morgan fingerprint density at radius 2 is 2.00 bits per heavy atom. The Morgan fingerprint density at radius 1 is 1.35 bits per heavy atom. The largest absolute Gasteiger partial charge is 0.504 e. The van der Waals surface area contributed by atoms with Crippen molar-refractivity contribution in [3.8, 4) is 11.5 Å². The third-order valence-electron chi connectivity index (χ3n) is 5.59. The van der Waals surface area contributed by atoms with Crippen LogP contribution in [-0.2, 0) is 6.42 Å². The van der Waals surface area contributed by atoms with Crippen molar-refractivity contribution in [3.05, 3.63) is 23.3 Å². The molecule has 1 heterocycles. The zero-order valence-electron chi connectivity index (χ0n) is 14.8. The number of halogens is 3. The van der Waals surface area contributed by atoms with Gasteiger partial charge in [-0.3, -0.25) is 0 Å². The second kappa shape index (κ2) is 6.55. The molecule has 0 spiro atoms. The SMILES string of the molecule is COc1cc2c(cc1O)CCN(C(=O)NC1(C(F)(F)F)CCCC1)C2C. The number of phenolic OH excluding ortho intramolecular Hbond substituents is 1. The quantitative estimate of drug-likeness (QED) is 0.828. The molecule has 2 N–H and O–H groups in total. The average Bonchev–Trinajstić information content (AvgIpc) is 3.04. The second-order valence-electron chi connectivity index (χ2n) is 7.06. The van der Waals surface area contributed by atoms with E-state index >= 15 is 0 Å². The topological polar surface area (TPSA) is 61.8 Å². The number of methoxy groups -OCH3 is 1. The van der Waals surface area contributed by atoms with Crippen molar-refractivity contribution in [2.75, 3.05) is 13.7 Å². The summed E-state index contributed by atoms with van der Waals surface area (Å²) in [5.41, 5.74) is -0.490. The fourth-order valence-corrected chi connectivity index (χ4v) is 4.01. The molecule has 0 aromatic heterocycles. The van der Waals surface area contributed by atoms with Gasteiger partial charge in [-0.25, -0.2) is 4.79 Å². The van der Waals surface area contributed by atoms with Crippen molar-refractivity contribution in [1.29, 1.82) is 0 Å². The molecule has 3 rings (SSSR count). The van der Waals surface area contributed by atoms with Crippen LogP contribution in [0.5, 0.6) is 11.5 Å². The van der Waals surface area contributed by atoms with Crippen LogP contribution in [0.25, 0.3) is 0 Å². The molecule has 0 radical (unpaired) electrons. The number of amides is 2. The van der Waals surface area contributed by atoms with E-state index in [9.17, 15) is 23.1 Å². The van der Waals surface area contributed by atoms with Crippen molar-refractivity contribution in [1.82, 2.24) is 10.2 Å². The lowest BCUT2D eigenvalue weighted by Crippen LogP contribution is -2.60. The van der Waals surface area contributed by atoms with E-state index in [2.05, 4.69) is 5.32 Å². The van der Waals surface area contributed by atoms with Crippen molar-refractivity contribution in [2.45, 2.75) is 56.8 Å². The number of fused-ring (bicyclic) bond motifs is 1. The smallest absolute Gasteiger partial charge is 0.411 e. The first kappa shape index (κ1) is 18.7. The van der Waals surface area contributed by atoms with E-state index in [-0.39, 0.29) is 24.3 Å². The molecule has 1 aliphatic carbocycles. The Morgan fingerprint density at radius 3 is 2.58 bits per heavy atom. The van der Waals surface area contributed by atoms with Gasteiger partial charge in [0.1, 0.15) is 5.54 Å². The Labute approximate surface area is 150 Å². The number of hydrogen-bond donors (Lipinski definition) is 2. The van der Waals surface area contributed by atoms with Crippen LogP contribution in [0.4, 0.5) is 18.0 Å². The molecule has 1 atom stereocenters. The van der Waals surface area contributed by atoms with Crippen LogP contribution in [0, 0.1) is 0 Å². The summed E-state index contributed by atoms with van der Waals surface area (Å²) in [6.45, 7) is 2.06. The predicted octanol–water partition coefficient (Wildman–Crippen LogP) is 3.90. The van der Waals surface area contributed by atoms with Gasteiger partial charge in [-0.15, -0.1) is 0 Å². The van der Waals surface area contributed by atoms with Crippen LogP contribution in [0.1, 0.15) is 49.8 Å². The Balaban J connectivity index is 1.83. The van der Waals surface area contributed by atoms with Crippen LogP contribution in [0.15, 0.2) is 12.1 Å². The molecule has 2 aliphatic rings. The number of rotatable bonds is 2. The van der Waals surface area contributed by atoms with E-state index in [1.54, 1.807) is 19.1 Å². The van der Waals surface area contributed by atoms with Gasteiger partial charge < -0.3 is 20.1 Å². The minimum absolute atomic E-state index is 0.0123. The van der Waals surface area contributed by atoms with Crippen molar-refractivity contribution in [3.63, 3.8) is 0 Å². The van der Waals surface area contributed by atoms with Gasteiger partial charge in [0, 0.05) is 6.54 Å². The van der Waals surface area contributed by atoms with Crippen LogP contribution >= 0.6 is 0 Å². The van der Waals surface area contributed by atoms with Crippen molar-refractivity contribution < 1.29 is 27.8 Å². The molecule has 0 bridgehead atoms. The van der Waals surface area contributed by atoms with Gasteiger partial charge in [0.15, 0.2) is 11.5 Å². The second-order valence-corrected chi connectivity index (χ2v) is 7.06. The maximum Gasteiger partial charge on any atom is 0.411 e. The van der Waals surface area contributed by atoms with Gasteiger partial charge in [-0.1, -0.05) is 12.8 Å². The molecule has 26 heavy (non-hydrogen) atoms. The molecule has 144 valence electrons. The summed E-state index contributed by atoms with van der Waals surface area (Å²) in [4.78, 5) is 14.1. The highest BCUT2D eigenvalue weighted by Gasteiger charge is 2.57. The van der Waals surface area contributed by atoms with Crippen molar-refractivity contribution in [2.24, 2.45) is 0 Å². The van der Waals surface area contributed by atoms with Gasteiger partial charge >= 0.3 is 12.2 Å². The Hall–Kier alpha value is -2.12. The Kier molecular flexibility index (Phi) is 4.71. The van der Waals surface area contributed by atoms with Crippen molar-refractivity contribution >= 4 is 6.03 Å². The maximum atomic E-state index is 13.5. The molecular weight excluding hydrogens is 349 g/mol. The molecule has 8 heteroatoms. The van der Waals surface area contributed by atoms with Gasteiger partial charge in [0.2, 0.25) is 0 Å². The molecular formula is C18H23F3N2O3. The molecule has 1 saturated carbocycles. The van der Waals surface area contributed by atoms with E-state index in [1.807, 2.05) is 0 Å². The van der Waals surface area contributed by atoms with E-state index in [0.29, 0.717) is 25.8 Å². The summed E-state index contributed by atoms with van der Waals surface area (Å²) in [5.74, 6) is 0.291. The minimum Gasteiger partial charge on any atom is -0.504 e. The third kappa shape index (κ3) is 3.05. The third-order valence-corrected chi connectivity index (χ3v) is 5.59. The zero-order valence-corrected chi connectivity index (χ0v) is 14.8. The number of carbonyl (C=O) groups is 1. The number of nitrogens with one attached hydrogen (secondary N) is 1. The molecule has 1 unspecified atom stereocenters. The molecule has 1 fully saturated rings. The number of hydrogen-bond acceptors (Lipinski definition) is 3. The van der Waals surface area contributed by atoms with E-state index < -0.39 is 23.8 Å². The van der Waals surface area contributed by atoms with Gasteiger partial charge in [0.05, 0.1) is 13.2 Å². The van der Waals surface area contributed by atoms with Gasteiger partial charge in [0.25, 0.3) is 0 Å². The monoisotopic (exact) mass is 372 g/mol. The summed E-state index contributed by atoms with van der Waals surface area (Å²) in [6, 6.07) is 2.12. The lowest BCUT2D eigenvalue weighted by molar-refractivity contribution is -0.192. The lowest BCUT2D eigenvalue weighted by Gasteiger charge is -2.39. The highest BCUT2D eigenvalue weighted by atomic mass is 19.4. The molecule has 1 aliphatic heterocycles. The van der Waals surface area contributed by atoms with Gasteiger partial charge in [-0.2, -0.15) is 13.2 Å². The standard InChI is InChI=1S/C18H23F3N2O3/c1-11-13-10-15(26-2)14(24)9-12(13)5-8-23(11)16(25)22-17(18(19,20)21)6-3-4-7-17/h9-11,24H,3-8H2,1-2H3,(H,22,25). The fraction of sp³-hybridized carbons (Fsp3) is 0.611. The van der Waals surface area contributed by atoms with Crippen LogP contribution in [-0.4, -0.2) is 41.4 Å². The first-order valence-electron chi connectivity index (χ1n) is 8.74. The molecule has 1 aromatic rings. The molecule has 0 saturated heterocycles. The minimum atomic E-state index is -4.47. The number of nitrogens with zero attached hydrogens (tertiary/aromatic N) is 1. The first-order chi connectivity index (χ1) is 12.2. The fourth-order valence-electron chi connectivity index (χ4n) is 4.01. The Bertz CT molecular complexity index is 700. The molecule has 5 nitrogen and oxygen atoms in total. The summed E-state index contributed by atoms with van der Waals surface area (Å²) < 4.78 is 45.7. The molecule has 1 aromatic carbocycles. The maximum absolute atomic E-state index is 13.5. The molecule has 2 amide bonds. The number of aromatic hydroxyl groups is 1. The normalized spacial score (nSPS) is 22.0. The summed E-state index contributed by atoms with van der Waals surface area (Å²) in [6.07, 6.45) is -3.26. The van der Waals surface area contributed by atoms with Crippen LogP contribution in [0.2, 0.25) is 0 Å². The van der Waals surface area contributed by atoms with Crippen LogP contribution in [0.3, 0.4) is 0 Å². The van der Waals surface area contributed by atoms with E-state index in [1.165, 1.54) is 12.0 Å². The zero-order chi connectivity index (χ0) is 19.1. The lowest BCUT2D eigenvalue weighted by atomic mass is 9.92. The number of carbonyl (C=O) groups excluding carboxylic acids is 1. The summed E-state index contributed by atoms with van der Waals surface area (Å²) >= 11 is 0. The first-order valence-corrected chi connectivity index (χ1v) is 8.74. The van der Waals surface area contributed by atoms with Crippen LogP contribution < -0.4 is 10.1 Å². The number of urea groups is 1. The average molecular weight is 372 g/mol. The number of benzene rings is 1. The van der Waals surface area contributed by atoms with E-state index in [0.717, 1.165) is 11.1 Å². The summed E-state index contributed by atoms with van der Waals surface area (Å²) in [7, 11) is 1.42. The summed E-state index contributed by atoms with van der Waals surface area (Å²) in [5, 5.41) is 12.2. The number of ether oxygens (including phenoxy) is 1. The number of phenols is 1. The highest BCUT2D eigenvalue weighted by Crippen LogP contribution is 2.44. The van der Waals surface area contributed by atoms with E-state index in [4.69, 9.17) is 4.74 Å². The number of alkyl halides is 3. The van der Waals surface area contributed by atoms with Gasteiger partial charge in [-0.05, 0) is 49.4 Å². The predicted molar refractivity (Wildman–Crippen MR) is 89.3 cm³/mol. The highest BCUT2D eigenvalue weighted by molar-refractivity contribution is 5.76.